The average Bonchev–Trinajstić information content (AvgIpc) is 2.39. The van der Waals surface area contributed by atoms with Gasteiger partial charge in [0.15, 0.2) is 0 Å². The van der Waals surface area contributed by atoms with Gasteiger partial charge < -0.3 is 10.1 Å². The van der Waals surface area contributed by atoms with E-state index in [2.05, 4.69) is 11.9 Å². The van der Waals surface area contributed by atoms with Gasteiger partial charge in [-0.15, -0.1) is 0 Å². The van der Waals surface area contributed by atoms with Crippen LogP contribution in [0.3, 0.4) is 0 Å². The summed E-state index contributed by atoms with van der Waals surface area (Å²) in [5.74, 6) is 0.733. The molecule has 0 aromatic heterocycles. The summed E-state index contributed by atoms with van der Waals surface area (Å²) in [6.07, 6.45) is 4.13. The van der Waals surface area contributed by atoms with Crippen molar-refractivity contribution in [3.8, 4) is 5.75 Å². The first-order valence-electron chi connectivity index (χ1n) is 6.73. The van der Waals surface area contributed by atoms with Crippen LogP contribution in [-0.4, -0.2) is 19.1 Å². The van der Waals surface area contributed by atoms with Crippen LogP contribution in [0.5, 0.6) is 5.75 Å². The molecule has 1 amide bonds. The summed E-state index contributed by atoms with van der Waals surface area (Å²) in [4.78, 5) is 12.3. The molecular weight excluding hydrogens is 238 g/mol. The van der Waals surface area contributed by atoms with Gasteiger partial charge in [-0.3, -0.25) is 4.79 Å². The van der Waals surface area contributed by atoms with Crippen LogP contribution in [0, 0.1) is 6.92 Å². The summed E-state index contributed by atoms with van der Waals surface area (Å²) in [5.41, 5.74) is 2.81. The van der Waals surface area contributed by atoms with Gasteiger partial charge in [0.1, 0.15) is 5.75 Å². The van der Waals surface area contributed by atoms with Crippen molar-refractivity contribution in [3.05, 3.63) is 41.5 Å². The van der Waals surface area contributed by atoms with E-state index in [1.165, 1.54) is 5.57 Å². The summed E-state index contributed by atoms with van der Waals surface area (Å²) in [6.45, 7) is 5.93. The van der Waals surface area contributed by atoms with Crippen molar-refractivity contribution in [3.63, 3.8) is 0 Å². The molecule has 1 unspecified atom stereocenters. The fourth-order valence-electron chi connectivity index (χ4n) is 2.62. The Labute approximate surface area is 114 Å². The van der Waals surface area contributed by atoms with Crippen LogP contribution < -0.4 is 10.1 Å². The fourth-order valence-corrected chi connectivity index (χ4v) is 2.62. The van der Waals surface area contributed by atoms with Gasteiger partial charge in [-0.2, -0.15) is 0 Å². The van der Waals surface area contributed by atoms with E-state index in [4.69, 9.17) is 4.74 Å². The maximum atomic E-state index is 12.3. The number of hydrogen-bond acceptors (Lipinski definition) is 2. The molecule has 3 nitrogen and oxygen atoms in total. The van der Waals surface area contributed by atoms with Gasteiger partial charge in [-0.25, -0.2) is 0 Å². The number of nitrogens with one attached hydrogen (secondary N) is 1. The molecule has 19 heavy (non-hydrogen) atoms. The third-order valence-corrected chi connectivity index (χ3v) is 3.70. The number of carbonyl (C=O) groups excluding carboxylic acids is 1. The first-order valence-corrected chi connectivity index (χ1v) is 6.73. The maximum absolute atomic E-state index is 12.3. The summed E-state index contributed by atoms with van der Waals surface area (Å²) >= 11 is 0. The van der Waals surface area contributed by atoms with E-state index in [9.17, 15) is 4.79 Å². The van der Waals surface area contributed by atoms with Crippen molar-refractivity contribution in [2.45, 2.75) is 38.6 Å². The Hall–Kier alpha value is -1.77. The van der Waals surface area contributed by atoms with Crippen LogP contribution in [-0.2, 0) is 0 Å². The van der Waals surface area contributed by atoms with Crippen molar-refractivity contribution in [1.82, 2.24) is 5.32 Å². The Kier molecular flexibility index (Phi) is 4.25. The third-order valence-electron chi connectivity index (χ3n) is 3.70. The summed E-state index contributed by atoms with van der Waals surface area (Å²) in [6, 6.07) is 5.78. The lowest BCUT2D eigenvalue weighted by Crippen LogP contribution is -2.36. The molecule has 0 aliphatic heterocycles. The number of amides is 1. The van der Waals surface area contributed by atoms with Gasteiger partial charge in [-0.05, 0) is 44.7 Å². The minimum Gasteiger partial charge on any atom is -0.496 e. The maximum Gasteiger partial charge on any atom is 0.251 e. The largest absolute Gasteiger partial charge is 0.496 e. The lowest BCUT2D eigenvalue weighted by molar-refractivity contribution is 0.0931. The smallest absolute Gasteiger partial charge is 0.251 e. The van der Waals surface area contributed by atoms with Crippen molar-refractivity contribution < 1.29 is 9.53 Å². The normalized spacial score (nSPS) is 19.1. The average molecular weight is 259 g/mol. The Morgan fingerprint density at radius 1 is 1.47 bits per heavy atom. The molecule has 1 atom stereocenters. The number of hydrogen-bond donors (Lipinski definition) is 1. The van der Waals surface area contributed by atoms with Crippen molar-refractivity contribution in [1.29, 1.82) is 0 Å². The molecule has 1 aliphatic carbocycles. The first kappa shape index (κ1) is 13.7. The van der Waals surface area contributed by atoms with Crippen molar-refractivity contribution in [2.75, 3.05) is 7.11 Å². The van der Waals surface area contributed by atoms with Crippen molar-refractivity contribution in [2.24, 2.45) is 0 Å². The van der Waals surface area contributed by atoms with Gasteiger partial charge in [0, 0.05) is 17.2 Å². The van der Waals surface area contributed by atoms with Gasteiger partial charge in [0.25, 0.3) is 5.91 Å². The van der Waals surface area contributed by atoms with Crippen LogP contribution in [0.2, 0.25) is 0 Å². The zero-order valence-corrected chi connectivity index (χ0v) is 11.7. The molecule has 1 aromatic carbocycles. The molecule has 0 heterocycles. The number of rotatable bonds is 3. The van der Waals surface area contributed by atoms with E-state index in [1.807, 2.05) is 25.1 Å². The number of benzene rings is 1. The molecule has 1 saturated carbocycles. The van der Waals surface area contributed by atoms with Gasteiger partial charge in [0.2, 0.25) is 0 Å². The Morgan fingerprint density at radius 2 is 2.26 bits per heavy atom. The van der Waals surface area contributed by atoms with Gasteiger partial charge in [-0.1, -0.05) is 18.2 Å². The quantitative estimate of drug-likeness (QED) is 0.846. The molecular formula is C16H21NO2. The minimum absolute atomic E-state index is 0.0175. The SMILES string of the molecule is C=C1CCCC(NC(=O)c2cccc(OC)c2C)C1. The molecule has 0 saturated heterocycles. The highest BCUT2D eigenvalue weighted by Crippen LogP contribution is 2.24. The second kappa shape index (κ2) is 5.91. The monoisotopic (exact) mass is 259 g/mol. The minimum atomic E-state index is -0.0175. The Bertz CT molecular complexity index is 494. The molecule has 102 valence electrons. The highest BCUT2D eigenvalue weighted by atomic mass is 16.5. The van der Waals surface area contributed by atoms with E-state index < -0.39 is 0 Å². The lowest BCUT2D eigenvalue weighted by Gasteiger charge is -2.25. The Balaban J connectivity index is 2.09. The first-order chi connectivity index (χ1) is 9.11. The van der Waals surface area contributed by atoms with Crippen LogP contribution >= 0.6 is 0 Å². The summed E-state index contributed by atoms with van der Waals surface area (Å²) in [7, 11) is 1.62. The van der Waals surface area contributed by atoms with E-state index in [1.54, 1.807) is 7.11 Å². The van der Waals surface area contributed by atoms with Crippen molar-refractivity contribution >= 4 is 5.91 Å². The molecule has 1 aromatic rings. The molecule has 1 N–H and O–H groups in total. The lowest BCUT2D eigenvalue weighted by atomic mass is 9.91. The zero-order valence-electron chi connectivity index (χ0n) is 11.7. The molecule has 1 aliphatic rings. The van der Waals surface area contributed by atoms with Crippen LogP contribution in [0.1, 0.15) is 41.6 Å². The predicted octanol–water partition coefficient (Wildman–Crippen LogP) is 3.23. The summed E-state index contributed by atoms with van der Waals surface area (Å²) in [5, 5.41) is 3.10. The van der Waals surface area contributed by atoms with Crippen LogP contribution in [0.15, 0.2) is 30.4 Å². The molecule has 1 fully saturated rings. The third kappa shape index (κ3) is 3.16. The summed E-state index contributed by atoms with van der Waals surface area (Å²) < 4.78 is 5.25. The second-order valence-corrected chi connectivity index (χ2v) is 5.15. The molecule has 2 rings (SSSR count). The highest BCUT2D eigenvalue weighted by molar-refractivity contribution is 5.96. The zero-order chi connectivity index (χ0) is 13.8. The molecule has 0 radical (unpaired) electrons. The molecule has 3 heteroatoms. The van der Waals surface area contributed by atoms with Gasteiger partial charge >= 0.3 is 0 Å². The van der Waals surface area contributed by atoms with Gasteiger partial charge in [0.05, 0.1) is 7.11 Å². The topological polar surface area (TPSA) is 38.3 Å². The van der Waals surface area contributed by atoms with Crippen LogP contribution in [0.4, 0.5) is 0 Å². The van der Waals surface area contributed by atoms with Crippen LogP contribution in [0.25, 0.3) is 0 Å². The number of ether oxygens (including phenoxy) is 1. The predicted molar refractivity (Wildman–Crippen MR) is 76.6 cm³/mol. The second-order valence-electron chi connectivity index (χ2n) is 5.15. The number of methoxy groups -OCH3 is 1. The fraction of sp³-hybridized carbons (Fsp3) is 0.438. The van der Waals surface area contributed by atoms with E-state index in [0.717, 1.165) is 37.0 Å². The standard InChI is InChI=1S/C16H21NO2/c1-11-6-4-7-13(10-11)17-16(18)14-8-5-9-15(19-3)12(14)2/h5,8-9,13H,1,4,6-7,10H2,2-3H3,(H,17,18). The molecule has 0 bridgehead atoms. The highest BCUT2D eigenvalue weighted by Gasteiger charge is 2.20. The van der Waals surface area contributed by atoms with E-state index in [0.29, 0.717) is 5.56 Å². The number of carbonyl (C=O) groups is 1. The van der Waals surface area contributed by atoms with E-state index in [-0.39, 0.29) is 11.9 Å². The molecule has 0 spiro atoms. The van der Waals surface area contributed by atoms with E-state index >= 15 is 0 Å². The Morgan fingerprint density at radius 3 is 2.95 bits per heavy atom.